The normalized spacial score (nSPS) is 42.3. The van der Waals surface area contributed by atoms with Crippen LogP contribution in [0.5, 0.6) is 0 Å². The molecule has 0 aromatic carbocycles. The van der Waals surface area contributed by atoms with Crippen molar-refractivity contribution in [1.82, 2.24) is 10.2 Å². The molecule has 10 heteroatoms. The number of carboxylic acids is 1. The minimum Gasteiger partial charge on any atom is -0.481 e. The maximum Gasteiger partial charge on any atom is 0.306 e. The number of hydrogen-bond acceptors (Lipinski definition) is 8. The summed E-state index contributed by atoms with van der Waals surface area (Å²) in [7, 11) is -2.97. The summed E-state index contributed by atoms with van der Waals surface area (Å²) >= 11 is 0. The van der Waals surface area contributed by atoms with E-state index in [0.29, 0.717) is 48.6 Å². The zero-order valence-electron chi connectivity index (χ0n) is 36.2. The van der Waals surface area contributed by atoms with Crippen LogP contribution in [-0.2, 0) is 24.2 Å². The van der Waals surface area contributed by atoms with Gasteiger partial charge in [0.05, 0.1) is 30.5 Å². The molecule has 12 atom stereocenters. The molecule has 0 amide bonds. The minimum absolute atomic E-state index is 0.0362. The highest BCUT2D eigenvalue weighted by Gasteiger charge is 2.71. The third kappa shape index (κ3) is 7.72. The molecule has 55 heavy (non-hydrogen) atoms. The van der Waals surface area contributed by atoms with Crippen molar-refractivity contribution in [3.8, 4) is 0 Å². The van der Waals surface area contributed by atoms with Gasteiger partial charge < -0.3 is 20.3 Å². The number of esters is 1. The number of sulfone groups is 1. The molecule has 3 N–H and O–H groups in total. The van der Waals surface area contributed by atoms with Crippen molar-refractivity contribution in [3.05, 3.63) is 0 Å². The van der Waals surface area contributed by atoms with Crippen LogP contribution in [0, 0.1) is 62.6 Å². The van der Waals surface area contributed by atoms with Gasteiger partial charge >= 0.3 is 11.9 Å². The van der Waals surface area contributed by atoms with Gasteiger partial charge in [-0.25, -0.2) is 8.42 Å². The standard InChI is InChI=1S/C45H78N2O7S/c1-29(2)31-13-19-45(46-22-16-33(30(3)48)47-23-25-55(52,53)26-24-47)21-20-43(9)32(39(31)45)11-12-35-42(8)17-15-36(41(6,7)34(42)14-18-44(35,43)10)54-38(51)28-40(4,5)27-37(49)50/h29-36,39,46,48H,11-28H2,1-10H3,(H,49,50)/t30-,31+,32-,33-,34+,35-,36+,39-,42+,43-,44-,45+/m1/s1. The van der Waals surface area contributed by atoms with Crippen LogP contribution in [0.25, 0.3) is 0 Å². The molecule has 6 fully saturated rings. The van der Waals surface area contributed by atoms with Crippen LogP contribution >= 0.6 is 0 Å². The van der Waals surface area contributed by atoms with Crippen molar-refractivity contribution in [2.75, 3.05) is 31.1 Å². The van der Waals surface area contributed by atoms with Gasteiger partial charge in [0.2, 0.25) is 0 Å². The first kappa shape index (κ1) is 43.4. The topological polar surface area (TPSA) is 133 Å². The van der Waals surface area contributed by atoms with Crippen LogP contribution in [0.15, 0.2) is 0 Å². The highest BCUT2D eigenvalue weighted by molar-refractivity contribution is 7.91. The summed E-state index contributed by atoms with van der Waals surface area (Å²) in [5.41, 5.74) is -0.0596. The summed E-state index contributed by atoms with van der Waals surface area (Å²) in [6, 6.07) is -0.0362. The Hall–Kier alpha value is -1.23. The van der Waals surface area contributed by atoms with E-state index in [1.54, 1.807) is 0 Å². The van der Waals surface area contributed by atoms with E-state index in [2.05, 4.69) is 58.7 Å². The quantitative estimate of drug-likeness (QED) is 0.170. The predicted molar refractivity (Wildman–Crippen MR) is 218 cm³/mol. The summed E-state index contributed by atoms with van der Waals surface area (Å²) in [4.78, 5) is 26.9. The molecule has 0 bridgehead atoms. The number of nitrogens with zero attached hydrogens (tertiary/aromatic N) is 1. The van der Waals surface area contributed by atoms with Gasteiger partial charge in [0, 0.05) is 30.1 Å². The summed E-state index contributed by atoms with van der Waals surface area (Å²) in [6.45, 7) is 25.0. The Kier molecular flexibility index (Phi) is 11.9. The van der Waals surface area contributed by atoms with Gasteiger partial charge in [0.1, 0.15) is 6.10 Å². The van der Waals surface area contributed by atoms with E-state index >= 15 is 0 Å². The van der Waals surface area contributed by atoms with E-state index < -0.39 is 27.3 Å². The van der Waals surface area contributed by atoms with E-state index in [1.807, 2.05) is 20.8 Å². The molecule has 6 aliphatic rings. The van der Waals surface area contributed by atoms with E-state index in [4.69, 9.17) is 4.74 Å². The number of hydrogen-bond donors (Lipinski definition) is 3. The molecular weight excluding hydrogens is 713 g/mol. The van der Waals surface area contributed by atoms with Crippen molar-refractivity contribution in [2.45, 2.75) is 176 Å². The fraction of sp³-hybridized carbons (Fsp3) is 0.956. The molecule has 6 rings (SSSR count). The fourth-order valence-corrected chi connectivity index (χ4v) is 16.4. The summed E-state index contributed by atoms with van der Waals surface area (Å²) in [5, 5.41) is 24.5. The van der Waals surface area contributed by atoms with Crippen LogP contribution in [0.3, 0.4) is 0 Å². The maximum atomic E-state index is 13.3. The predicted octanol–water partition coefficient (Wildman–Crippen LogP) is 7.74. The lowest BCUT2D eigenvalue weighted by molar-refractivity contribution is -0.247. The van der Waals surface area contributed by atoms with Crippen LogP contribution < -0.4 is 5.32 Å². The van der Waals surface area contributed by atoms with E-state index in [9.17, 15) is 28.2 Å². The highest BCUT2D eigenvalue weighted by Crippen LogP contribution is 2.76. The Morgan fingerprint density at radius 3 is 2.15 bits per heavy atom. The molecule has 0 radical (unpaired) electrons. The SMILES string of the molecule is CC(C)[C@@H]1CC[C@]2(NCC[C@H]([C@@H](C)O)N3CCS(=O)(=O)CC3)CC[C@]3(C)[C@H](CC[C@@H]4[C@@]5(C)CC[C@H](OC(=O)CC(C)(C)CC(=O)O)C(C)(C)[C@@H]5CC[C@]43C)[C@@H]12. The smallest absolute Gasteiger partial charge is 0.306 e. The molecule has 0 aromatic heterocycles. The summed E-state index contributed by atoms with van der Waals surface area (Å²) in [5.74, 6) is 2.89. The Morgan fingerprint density at radius 2 is 1.53 bits per heavy atom. The molecule has 1 saturated heterocycles. The monoisotopic (exact) mass is 791 g/mol. The number of carboxylic acid groups (broad SMARTS) is 1. The average Bonchev–Trinajstić information content (AvgIpc) is 3.44. The fourth-order valence-electron chi connectivity index (χ4n) is 15.2. The Morgan fingerprint density at radius 1 is 0.855 bits per heavy atom. The van der Waals surface area contributed by atoms with E-state index in [-0.39, 0.29) is 69.7 Å². The largest absolute Gasteiger partial charge is 0.481 e. The molecule has 0 spiro atoms. The molecule has 0 aromatic rings. The van der Waals surface area contributed by atoms with Crippen molar-refractivity contribution in [1.29, 1.82) is 0 Å². The summed E-state index contributed by atoms with van der Waals surface area (Å²) < 4.78 is 30.6. The van der Waals surface area contributed by atoms with Gasteiger partial charge in [-0.2, -0.15) is 0 Å². The van der Waals surface area contributed by atoms with E-state index in [0.717, 1.165) is 32.2 Å². The molecule has 5 saturated carbocycles. The number of rotatable bonds is 12. The van der Waals surface area contributed by atoms with Crippen LogP contribution in [-0.4, -0.2) is 90.4 Å². The second kappa shape index (κ2) is 15.1. The molecule has 1 heterocycles. The van der Waals surface area contributed by atoms with Gasteiger partial charge in [-0.15, -0.1) is 0 Å². The second-order valence-electron chi connectivity index (χ2n) is 22.3. The number of carbonyl (C=O) groups is 2. The van der Waals surface area contributed by atoms with Crippen LogP contribution in [0.2, 0.25) is 0 Å². The molecular formula is C45H78N2O7S. The minimum atomic E-state index is -2.97. The molecule has 5 aliphatic carbocycles. The zero-order valence-corrected chi connectivity index (χ0v) is 37.0. The van der Waals surface area contributed by atoms with Gasteiger partial charge in [-0.05, 0) is 141 Å². The lowest BCUT2D eigenvalue weighted by atomic mass is 9.32. The number of aliphatic hydroxyl groups excluding tert-OH is 1. The van der Waals surface area contributed by atoms with Crippen molar-refractivity contribution in [2.24, 2.45) is 62.6 Å². The first-order chi connectivity index (χ1) is 25.4. The lowest BCUT2D eigenvalue weighted by Crippen LogP contribution is -2.69. The summed E-state index contributed by atoms with van der Waals surface area (Å²) in [6.07, 6.45) is 12.0. The van der Waals surface area contributed by atoms with Gasteiger partial charge in [0.25, 0.3) is 0 Å². The van der Waals surface area contributed by atoms with Crippen molar-refractivity contribution >= 4 is 21.8 Å². The van der Waals surface area contributed by atoms with Gasteiger partial charge in [0.15, 0.2) is 9.84 Å². The average molecular weight is 791 g/mol. The second-order valence-corrected chi connectivity index (χ2v) is 24.6. The van der Waals surface area contributed by atoms with Crippen molar-refractivity contribution < 1.29 is 33.0 Å². The number of fused-ring (bicyclic) bond motifs is 7. The van der Waals surface area contributed by atoms with Gasteiger partial charge in [-0.1, -0.05) is 62.3 Å². The van der Waals surface area contributed by atoms with Crippen LogP contribution in [0.1, 0.15) is 153 Å². The Labute approximate surface area is 334 Å². The number of nitrogens with one attached hydrogen (secondary N) is 1. The zero-order chi connectivity index (χ0) is 40.6. The Balaban J connectivity index is 1.19. The van der Waals surface area contributed by atoms with E-state index in [1.165, 1.54) is 44.9 Å². The lowest BCUT2D eigenvalue weighted by Gasteiger charge is -2.73. The maximum absolute atomic E-state index is 13.3. The molecule has 1 aliphatic heterocycles. The Bertz CT molecular complexity index is 1530. The number of aliphatic carboxylic acids is 1. The number of aliphatic hydroxyl groups is 1. The first-order valence-corrected chi connectivity index (χ1v) is 24.0. The van der Waals surface area contributed by atoms with Gasteiger partial charge in [-0.3, -0.25) is 14.5 Å². The third-order valence-corrected chi connectivity index (χ3v) is 19.7. The highest BCUT2D eigenvalue weighted by atomic mass is 32.2. The molecule has 9 nitrogen and oxygen atoms in total. The first-order valence-electron chi connectivity index (χ1n) is 22.2. The third-order valence-electron chi connectivity index (χ3n) is 18.1. The number of carbonyl (C=O) groups excluding carboxylic acids is 1. The molecule has 0 unspecified atom stereocenters. The molecule has 316 valence electrons. The van der Waals surface area contributed by atoms with Crippen molar-refractivity contribution in [3.63, 3.8) is 0 Å². The van der Waals surface area contributed by atoms with Crippen LogP contribution in [0.4, 0.5) is 0 Å². The number of ether oxygens (including phenoxy) is 1.